The molecular weight excluding hydrogens is 271 g/mol. The molecule has 118 valence electrons. The van der Waals surface area contributed by atoms with Gasteiger partial charge in [-0.25, -0.2) is 4.39 Å². The standard InChI is InChI=1S/C16H25FN2O2/c1-6-19(7-2)16(20)12(4)21-15-10-13(17)8-9-14(15)11(3)18-5/h8-12,18H,6-7H2,1-5H3. The summed E-state index contributed by atoms with van der Waals surface area (Å²) < 4.78 is 19.2. The quantitative estimate of drug-likeness (QED) is 0.841. The van der Waals surface area contributed by atoms with Crippen molar-refractivity contribution in [3.05, 3.63) is 29.6 Å². The van der Waals surface area contributed by atoms with Crippen LogP contribution in [0.25, 0.3) is 0 Å². The minimum Gasteiger partial charge on any atom is -0.480 e. The number of carbonyl (C=O) groups is 1. The fraction of sp³-hybridized carbons (Fsp3) is 0.562. The van der Waals surface area contributed by atoms with Gasteiger partial charge in [0, 0.05) is 30.8 Å². The zero-order valence-electron chi connectivity index (χ0n) is 13.4. The molecular formula is C16H25FN2O2. The second kappa shape index (κ2) is 7.98. The van der Waals surface area contributed by atoms with Crippen molar-refractivity contribution in [1.82, 2.24) is 10.2 Å². The average Bonchev–Trinajstić information content (AvgIpc) is 2.47. The predicted octanol–water partition coefficient (Wildman–Crippen LogP) is 2.74. The number of halogens is 1. The lowest BCUT2D eigenvalue weighted by atomic mass is 10.1. The number of hydrogen-bond acceptors (Lipinski definition) is 3. The smallest absolute Gasteiger partial charge is 0.263 e. The van der Waals surface area contributed by atoms with Gasteiger partial charge in [-0.3, -0.25) is 4.79 Å². The van der Waals surface area contributed by atoms with E-state index in [1.54, 1.807) is 17.9 Å². The number of hydrogen-bond donors (Lipinski definition) is 1. The maximum Gasteiger partial charge on any atom is 0.263 e. The van der Waals surface area contributed by atoms with Gasteiger partial charge in [0.15, 0.2) is 6.10 Å². The van der Waals surface area contributed by atoms with E-state index >= 15 is 0 Å². The van der Waals surface area contributed by atoms with Crippen LogP contribution in [-0.4, -0.2) is 37.0 Å². The first-order valence-corrected chi connectivity index (χ1v) is 7.36. The summed E-state index contributed by atoms with van der Waals surface area (Å²) in [5.74, 6) is -0.0586. The first-order chi connectivity index (χ1) is 9.94. The Morgan fingerprint density at radius 1 is 1.33 bits per heavy atom. The Hall–Kier alpha value is -1.62. The van der Waals surface area contributed by atoms with E-state index < -0.39 is 6.10 Å². The Kier molecular flexibility index (Phi) is 6.62. The van der Waals surface area contributed by atoms with Crippen LogP contribution >= 0.6 is 0 Å². The summed E-state index contributed by atoms with van der Waals surface area (Å²) >= 11 is 0. The van der Waals surface area contributed by atoms with E-state index in [0.717, 1.165) is 5.56 Å². The van der Waals surface area contributed by atoms with Gasteiger partial charge in [-0.1, -0.05) is 6.07 Å². The summed E-state index contributed by atoms with van der Waals surface area (Å²) in [5, 5.41) is 3.09. The Bertz CT molecular complexity index is 475. The normalized spacial score (nSPS) is 13.6. The number of rotatable bonds is 7. The molecule has 0 bridgehead atoms. The molecule has 0 aromatic heterocycles. The third-order valence-corrected chi connectivity index (χ3v) is 3.60. The molecule has 2 unspecified atom stereocenters. The molecule has 0 aliphatic rings. The fourth-order valence-corrected chi connectivity index (χ4v) is 2.16. The van der Waals surface area contributed by atoms with Crippen molar-refractivity contribution in [3.63, 3.8) is 0 Å². The molecule has 0 fully saturated rings. The summed E-state index contributed by atoms with van der Waals surface area (Å²) in [4.78, 5) is 13.9. The SMILES string of the molecule is CCN(CC)C(=O)C(C)Oc1cc(F)ccc1C(C)NC. The maximum absolute atomic E-state index is 13.5. The lowest BCUT2D eigenvalue weighted by Gasteiger charge is -2.25. The number of nitrogens with zero attached hydrogens (tertiary/aromatic N) is 1. The molecule has 2 atom stereocenters. The first kappa shape index (κ1) is 17.4. The van der Waals surface area contributed by atoms with E-state index in [-0.39, 0.29) is 17.8 Å². The molecule has 1 amide bonds. The number of amides is 1. The molecule has 1 aromatic carbocycles. The van der Waals surface area contributed by atoms with Crippen LogP contribution in [0.15, 0.2) is 18.2 Å². The fourth-order valence-electron chi connectivity index (χ4n) is 2.16. The van der Waals surface area contributed by atoms with Crippen LogP contribution in [0.2, 0.25) is 0 Å². The van der Waals surface area contributed by atoms with Gasteiger partial charge < -0.3 is 15.0 Å². The molecule has 0 heterocycles. The number of likely N-dealkylation sites (N-methyl/N-ethyl adjacent to an activating group) is 1. The first-order valence-electron chi connectivity index (χ1n) is 7.36. The molecule has 0 spiro atoms. The number of nitrogens with one attached hydrogen (secondary N) is 1. The van der Waals surface area contributed by atoms with Crippen LogP contribution in [0, 0.1) is 5.82 Å². The molecule has 0 saturated carbocycles. The van der Waals surface area contributed by atoms with Crippen molar-refractivity contribution in [1.29, 1.82) is 0 Å². The van der Waals surface area contributed by atoms with E-state index in [1.165, 1.54) is 12.1 Å². The summed E-state index contributed by atoms with van der Waals surface area (Å²) in [5.41, 5.74) is 0.832. The monoisotopic (exact) mass is 296 g/mol. The van der Waals surface area contributed by atoms with Crippen molar-refractivity contribution in [2.75, 3.05) is 20.1 Å². The van der Waals surface area contributed by atoms with Crippen molar-refractivity contribution >= 4 is 5.91 Å². The Labute approximate surface area is 126 Å². The predicted molar refractivity (Wildman–Crippen MR) is 81.9 cm³/mol. The third kappa shape index (κ3) is 4.43. The van der Waals surface area contributed by atoms with Gasteiger partial charge >= 0.3 is 0 Å². The summed E-state index contributed by atoms with van der Waals surface area (Å²) in [6.45, 7) is 8.75. The van der Waals surface area contributed by atoms with Gasteiger partial charge in [0.1, 0.15) is 11.6 Å². The van der Waals surface area contributed by atoms with E-state index in [1.807, 2.05) is 27.8 Å². The molecule has 1 aromatic rings. The maximum atomic E-state index is 13.5. The second-order valence-corrected chi connectivity index (χ2v) is 4.96. The highest BCUT2D eigenvalue weighted by Crippen LogP contribution is 2.27. The Morgan fingerprint density at radius 2 is 1.95 bits per heavy atom. The van der Waals surface area contributed by atoms with Gasteiger partial charge in [-0.05, 0) is 40.8 Å². The van der Waals surface area contributed by atoms with Crippen LogP contribution in [0.1, 0.15) is 39.3 Å². The number of ether oxygens (including phenoxy) is 1. The molecule has 1 rings (SSSR count). The highest BCUT2D eigenvalue weighted by molar-refractivity contribution is 5.80. The van der Waals surface area contributed by atoms with Crippen molar-refractivity contribution in [2.45, 2.75) is 39.8 Å². The molecule has 21 heavy (non-hydrogen) atoms. The zero-order valence-corrected chi connectivity index (χ0v) is 13.4. The summed E-state index contributed by atoms with van der Waals surface area (Å²) in [6, 6.07) is 4.42. The highest BCUT2D eigenvalue weighted by atomic mass is 19.1. The minimum absolute atomic E-state index is 0.0105. The van der Waals surface area contributed by atoms with Gasteiger partial charge in [-0.15, -0.1) is 0 Å². The van der Waals surface area contributed by atoms with Crippen LogP contribution in [0.5, 0.6) is 5.75 Å². The largest absolute Gasteiger partial charge is 0.480 e. The van der Waals surface area contributed by atoms with Crippen molar-refractivity contribution in [3.8, 4) is 5.75 Å². The molecule has 0 aliphatic carbocycles. The van der Waals surface area contributed by atoms with Crippen LogP contribution in [-0.2, 0) is 4.79 Å². The van der Waals surface area contributed by atoms with Crippen LogP contribution in [0.4, 0.5) is 4.39 Å². The lowest BCUT2D eigenvalue weighted by Crippen LogP contribution is -2.40. The van der Waals surface area contributed by atoms with E-state index in [0.29, 0.717) is 18.8 Å². The molecule has 0 radical (unpaired) electrons. The molecule has 4 nitrogen and oxygen atoms in total. The lowest BCUT2D eigenvalue weighted by molar-refractivity contribution is -0.137. The molecule has 0 saturated heterocycles. The van der Waals surface area contributed by atoms with Gasteiger partial charge in [0.05, 0.1) is 0 Å². The summed E-state index contributed by atoms with van der Waals surface area (Å²) in [7, 11) is 1.82. The highest BCUT2D eigenvalue weighted by Gasteiger charge is 2.22. The minimum atomic E-state index is -0.644. The Morgan fingerprint density at radius 3 is 2.48 bits per heavy atom. The van der Waals surface area contributed by atoms with Crippen LogP contribution < -0.4 is 10.1 Å². The molecule has 1 N–H and O–H groups in total. The number of benzene rings is 1. The second-order valence-electron chi connectivity index (χ2n) is 4.96. The topological polar surface area (TPSA) is 41.6 Å². The van der Waals surface area contributed by atoms with Crippen molar-refractivity contribution in [2.24, 2.45) is 0 Å². The molecule has 0 aliphatic heterocycles. The molecule has 5 heteroatoms. The van der Waals surface area contributed by atoms with Gasteiger partial charge in [0.2, 0.25) is 0 Å². The van der Waals surface area contributed by atoms with Crippen LogP contribution in [0.3, 0.4) is 0 Å². The van der Waals surface area contributed by atoms with E-state index in [2.05, 4.69) is 5.32 Å². The van der Waals surface area contributed by atoms with Gasteiger partial charge in [0.25, 0.3) is 5.91 Å². The third-order valence-electron chi connectivity index (χ3n) is 3.60. The van der Waals surface area contributed by atoms with E-state index in [4.69, 9.17) is 4.74 Å². The number of carbonyl (C=O) groups excluding carboxylic acids is 1. The average molecular weight is 296 g/mol. The zero-order chi connectivity index (χ0) is 16.0. The Balaban J connectivity index is 2.95. The van der Waals surface area contributed by atoms with E-state index in [9.17, 15) is 9.18 Å². The van der Waals surface area contributed by atoms with Gasteiger partial charge in [-0.2, -0.15) is 0 Å². The van der Waals surface area contributed by atoms with Crippen molar-refractivity contribution < 1.29 is 13.9 Å². The summed E-state index contributed by atoms with van der Waals surface area (Å²) in [6.07, 6.45) is -0.644.